The van der Waals surface area contributed by atoms with Gasteiger partial charge in [-0.15, -0.1) is 12.4 Å². The molecule has 0 bridgehead atoms. The quantitative estimate of drug-likeness (QED) is 0.414. The zero-order valence-electron chi connectivity index (χ0n) is 17.6. The maximum absolute atomic E-state index is 5.98. The van der Waals surface area contributed by atoms with Crippen molar-refractivity contribution in [3.63, 3.8) is 0 Å². The van der Waals surface area contributed by atoms with Crippen LogP contribution in [-0.4, -0.2) is 20.3 Å². The van der Waals surface area contributed by atoms with Gasteiger partial charge in [0.2, 0.25) is 0 Å². The van der Waals surface area contributed by atoms with Crippen molar-refractivity contribution in [3.8, 4) is 17.2 Å². The highest BCUT2D eigenvalue weighted by Crippen LogP contribution is 2.29. The van der Waals surface area contributed by atoms with E-state index in [2.05, 4.69) is 41.7 Å². The number of hydrogen-bond acceptors (Lipinski definition) is 4. The lowest BCUT2D eigenvalue weighted by molar-refractivity contribution is 0.269. The van der Waals surface area contributed by atoms with Gasteiger partial charge in [-0.05, 0) is 60.8 Å². The average Bonchev–Trinajstić information content (AvgIpc) is 2.77. The molecule has 160 valence electrons. The third-order valence-corrected chi connectivity index (χ3v) is 4.62. The standard InChI is InChI=1S/C25H29NO3.ClH/c1-3-28-25-17-22(11-14-24(25)29-19-21-7-5-4-6-8-21)18-26-16-15-20-9-12-23(27-2)13-10-20;/h4-14,17,26H,3,15-16,18-19H2,1-2H3;1H. The van der Waals surface area contributed by atoms with E-state index in [9.17, 15) is 0 Å². The van der Waals surface area contributed by atoms with Crippen LogP contribution in [0.3, 0.4) is 0 Å². The Bertz CT molecular complexity index is 869. The van der Waals surface area contributed by atoms with Gasteiger partial charge in [0.05, 0.1) is 13.7 Å². The molecule has 0 saturated carbocycles. The van der Waals surface area contributed by atoms with Crippen molar-refractivity contribution in [3.05, 3.63) is 89.5 Å². The van der Waals surface area contributed by atoms with Crippen molar-refractivity contribution in [1.82, 2.24) is 5.32 Å². The molecule has 0 saturated heterocycles. The van der Waals surface area contributed by atoms with Crippen molar-refractivity contribution in [2.75, 3.05) is 20.3 Å². The molecule has 1 N–H and O–H groups in total. The van der Waals surface area contributed by atoms with E-state index in [1.807, 2.05) is 43.3 Å². The smallest absolute Gasteiger partial charge is 0.161 e. The molecule has 0 heterocycles. The normalized spacial score (nSPS) is 10.2. The third kappa shape index (κ3) is 7.29. The van der Waals surface area contributed by atoms with Crippen LogP contribution >= 0.6 is 12.4 Å². The molecule has 3 aromatic rings. The second-order valence-corrected chi connectivity index (χ2v) is 6.76. The van der Waals surface area contributed by atoms with Crippen LogP contribution in [0.1, 0.15) is 23.6 Å². The zero-order chi connectivity index (χ0) is 20.3. The Kier molecular flexibility index (Phi) is 10.1. The molecule has 0 atom stereocenters. The summed E-state index contributed by atoms with van der Waals surface area (Å²) in [6, 6.07) is 24.5. The van der Waals surface area contributed by atoms with E-state index in [1.165, 1.54) is 11.1 Å². The van der Waals surface area contributed by atoms with Crippen LogP contribution in [0.2, 0.25) is 0 Å². The van der Waals surface area contributed by atoms with E-state index in [0.29, 0.717) is 13.2 Å². The van der Waals surface area contributed by atoms with E-state index < -0.39 is 0 Å². The molecule has 5 heteroatoms. The molecule has 0 spiro atoms. The molecule has 0 aliphatic rings. The molecule has 0 radical (unpaired) electrons. The third-order valence-electron chi connectivity index (χ3n) is 4.62. The minimum absolute atomic E-state index is 0. The van der Waals surface area contributed by atoms with Crippen molar-refractivity contribution < 1.29 is 14.2 Å². The first-order valence-corrected chi connectivity index (χ1v) is 10.0. The molecule has 4 nitrogen and oxygen atoms in total. The molecular formula is C25H30ClNO3. The van der Waals surface area contributed by atoms with Gasteiger partial charge in [0.15, 0.2) is 11.5 Å². The number of rotatable bonds is 11. The van der Waals surface area contributed by atoms with E-state index in [4.69, 9.17) is 14.2 Å². The Morgan fingerprint density at radius 1 is 0.767 bits per heavy atom. The van der Waals surface area contributed by atoms with Crippen LogP contribution in [0.25, 0.3) is 0 Å². The van der Waals surface area contributed by atoms with Gasteiger partial charge in [-0.1, -0.05) is 48.5 Å². The van der Waals surface area contributed by atoms with Crippen LogP contribution in [0.4, 0.5) is 0 Å². The Morgan fingerprint density at radius 2 is 1.50 bits per heavy atom. The van der Waals surface area contributed by atoms with E-state index in [-0.39, 0.29) is 12.4 Å². The van der Waals surface area contributed by atoms with Gasteiger partial charge in [-0.3, -0.25) is 0 Å². The Hall–Kier alpha value is -2.69. The number of methoxy groups -OCH3 is 1. The fourth-order valence-electron chi connectivity index (χ4n) is 3.04. The van der Waals surface area contributed by atoms with Gasteiger partial charge < -0.3 is 19.5 Å². The predicted molar refractivity (Wildman–Crippen MR) is 124 cm³/mol. The molecular weight excluding hydrogens is 398 g/mol. The van der Waals surface area contributed by atoms with Crippen LogP contribution in [-0.2, 0) is 19.6 Å². The maximum Gasteiger partial charge on any atom is 0.161 e. The predicted octanol–water partition coefficient (Wildman–Crippen LogP) is 5.43. The van der Waals surface area contributed by atoms with E-state index in [0.717, 1.165) is 42.3 Å². The number of halogens is 1. The van der Waals surface area contributed by atoms with E-state index in [1.54, 1.807) is 7.11 Å². The van der Waals surface area contributed by atoms with Crippen LogP contribution in [0, 0.1) is 0 Å². The number of nitrogens with one attached hydrogen (secondary N) is 1. The number of hydrogen-bond donors (Lipinski definition) is 1. The minimum Gasteiger partial charge on any atom is -0.497 e. The lowest BCUT2D eigenvalue weighted by Gasteiger charge is -2.14. The van der Waals surface area contributed by atoms with Gasteiger partial charge in [-0.2, -0.15) is 0 Å². The highest BCUT2D eigenvalue weighted by Gasteiger charge is 2.07. The van der Waals surface area contributed by atoms with Crippen molar-refractivity contribution in [2.24, 2.45) is 0 Å². The van der Waals surface area contributed by atoms with Crippen LogP contribution in [0.15, 0.2) is 72.8 Å². The molecule has 0 unspecified atom stereocenters. The highest BCUT2D eigenvalue weighted by atomic mass is 35.5. The first-order valence-electron chi connectivity index (χ1n) is 10.0. The summed E-state index contributed by atoms with van der Waals surface area (Å²) in [6.45, 7) is 4.81. The fourth-order valence-corrected chi connectivity index (χ4v) is 3.04. The molecule has 0 fully saturated rings. The topological polar surface area (TPSA) is 39.7 Å². The Balaban J connectivity index is 0.00000320. The van der Waals surface area contributed by atoms with Crippen molar-refractivity contribution in [2.45, 2.75) is 26.5 Å². The average molecular weight is 428 g/mol. The van der Waals surface area contributed by atoms with Crippen molar-refractivity contribution in [1.29, 1.82) is 0 Å². The first-order chi connectivity index (χ1) is 14.3. The molecule has 3 aromatic carbocycles. The summed E-state index contributed by atoms with van der Waals surface area (Å²) >= 11 is 0. The summed E-state index contributed by atoms with van der Waals surface area (Å²) < 4.78 is 17.0. The van der Waals surface area contributed by atoms with Gasteiger partial charge in [0.1, 0.15) is 12.4 Å². The minimum atomic E-state index is 0. The van der Waals surface area contributed by atoms with Crippen molar-refractivity contribution >= 4 is 12.4 Å². The second kappa shape index (κ2) is 12.8. The monoisotopic (exact) mass is 427 g/mol. The Morgan fingerprint density at radius 3 is 2.20 bits per heavy atom. The summed E-state index contributed by atoms with van der Waals surface area (Å²) in [5, 5.41) is 3.50. The Labute approximate surface area is 185 Å². The molecule has 0 aromatic heterocycles. The van der Waals surface area contributed by atoms with Crippen LogP contribution in [0.5, 0.6) is 17.2 Å². The highest BCUT2D eigenvalue weighted by molar-refractivity contribution is 5.85. The van der Waals surface area contributed by atoms with E-state index >= 15 is 0 Å². The maximum atomic E-state index is 5.98. The van der Waals surface area contributed by atoms with Gasteiger partial charge in [0.25, 0.3) is 0 Å². The van der Waals surface area contributed by atoms with Gasteiger partial charge in [-0.25, -0.2) is 0 Å². The SMILES string of the molecule is CCOc1cc(CNCCc2ccc(OC)cc2)ccc1OCc1ccccc1.Cl. The summed E-state index contributed by atoms with van der Waals surface area (Å²) in [6.07, 6.45) is 0.973. The summed E-state index contributed by atoms with van der Waals surface area (Å²) in [5.74, 6) is 2.45. The van der Waals surface area contributed by atoms with Gasteiger partial charge in [0, 0.05) is 6.54 Å². The first kappa shape index (κ1) is 23.6. The lowest BCUT2D eigenvalue weighted by atomic mass is 10.1. The number of ether oxygens (including phenoxy) is 3. The molecule has 0 aliphatic heterocycles. The van der Waals surface area contributed by atoms with Crippen LogP contribution < -0.4 is 19.5 Å². The molecule has 0 amide bonds. The largest absolute Gasteiger partial charge is 0.497 e. The molecule has 3 rings (SSSR count). The number of benzene rings is 3. The summed E-state index contributed by atoms with van der Waals surface area (Å²) in [5.41, 5.74) is 3.60. The summed E-state index contributed by atoms with van der Waals surface area (Å²) in [4.78, 5) is 0. The lowest BCUT2D eigenvalue weighted by Crippen LogP contribution is -2.16. The van der Waals surface area contributed by atoms with Gasteiger partial charge >= 0.3 is 0 Å². The summed E-state index contributed by atoms with van der Waals surface area (Å²) in [7, 11) is 1.69. The molecule has 30 heavy (non-hydrogen) atoms. The zero-order valence-corrected chi connectivity index (χ0v) is 18.4. The fraction of sp³-hybridized carbons (Fsp3) is 0.280. The second-order valence-electron chi connectivity index (χ2n) is 6.76. The molecule has 0 aliphatic carbocycles.